The standard InChI is InChI=1S/C19H26N4S2/c1-24-18-11-5-4-10-17(18)23-19(21-13-14-7-6-12-25-14)22-16-9-3-2-8-15(16)20/h4-7,10-12,15-16H,2-3,8-9,13,20H2,1H3,(H2,21,22,23)/t15-,16-/m0/s1. The summed E-state index contributed by atoms with van der Waals surface area (Å²) in [6.07, 6.45) is 6.73. The van der Waals surface area contributed by atoms with Gasteiger partial charge < -0.3 is 16.4 Å². The van der Waals surface area contributed by atoms with Crippen LogP contribution < -0.4 is 16.4 Å². The van der Waals surface area contributed by atoms with Crippen molar-refractivity contribution >= 4 is 34.7 Å². The molecule has 0 aliphatic heterocycles. The predicted octanol–water partition coefficient (Wildman–Crippen LogP) is 4.30. The molecule has 1 saturated carbocycles. The zero-order valence-electron chi connectivity index (χ0n) is 14.6. The van der Waals surface area contributed by atoms with E-state index >= 15 is 0 Å². The van der Waals surface area contributed by atoms with Crippen molar-refractivity contribution in [3.63, 3.8) is 0 Å². The van der Waals surface area contributed by atoms with Gasteiger partial charge >= 0.3 is 0 Å². The van der Waals surface area contributed by atoms with Gasteiger partial charge in [0.2, 0.25) is 0 Å². The van der Waals surface area contributed by atoms with Gasteiger partial charge in [-0.1, -0.05) is 31.0 Å². The molecule has 0 unspecified atom stereocenters. The van der Waals surface area contributed by atoms with Crippen LogP contribution in [0.1, 0.15) is 30.6 Å². The van der Waals surface area contributed by atoms with Crippen LogP contribution in [0.25, 0.3) is 0 Å². The lowest BCUT2D eigenvalue weighted by Gasteiger charge is -2.30. The number of para-hydroxylation sites is 1. The maximum atomic E-state index is 6.32. The van der Waals surface area contributed by atoms with E-state index in [1.165, 1.54) is 22.6 Å². The first-order valence-electron chi connectivity index (χ1n) is 8.75. The molecule has 0 amide bonds. The van der Waals surface area contributed by atoms with Gasteiger partial charge in [-0.2, -0.15) is 0 Å². The monoisotopic (exact) mass is 374 g/mol. The smallest absolute Gasteiger partial charge is 0.196 e. The molecule has 3 rings (SSSR count). The number of nitrogens with one attached hydrogen (secondary N) is 2. The average molecular weight is 375 g/mol. The van der Waals surface area contributed by atoms with Gasteiger partial charge in [0.05, 0.1) is 12.2 Å². The van der Waals surface area contributed by atoms with Gasteiger partial charge in [0, 0.05) is 21.9 Å². The van der Waals surface area contributed by atoms with E-state index in [1.807, 2.05) is 6.07 Å². The molecular formula is C19H26N4S2. The normalized spacial score (nSPS) is 21.1. The van der Waals surface area contributed by atoms with Gasteiger partial charge in [-0.15, -0.1) is 23.1 Å². The molecule has 134 valence electrons. The molecule has 1 aliphatic rings. The van der Waals surface area contributed by atoms with Crippen LogP contribution in [-0.2, 0) is 6.54 Å². The van der Waals surface area contributed by atoms with E-state index in [0.29, 0.717) is 6.54 Å². The van der Waals surface area contributed by atoms with Gasteiger partial charge in [-0.25, -0.2) is 4.99 Å². The van der Waals surface area contributed by atoms with E-state index in [9.17, 15) is 0 Å². The summed E-state index contributed by atoms with van der Waals surface area (Å²) in [4.78, 5) is 7.27. The third-order valence-electron chi connectivity index (χ3n) is 4.47. The quantitative estimate of drug-likeness (QED) is 0.415. The van der Waals surface area contributed by atoms with Crippen LogP contribution in [0.5, 0.6) is 0 Å². The van der Waals surface area contributed by atoms with Gasteiger partial charge in [0.15, 0.2) is 5.96 Å². The van der Waals surface area contributed by atoms with Crippen molar-refractivity contribution in [2.24, 2.45) is 10.7 Å². The highest BCUT2D eigenvalue weighted by Crippen LogP contribution is 2.25. The fourth-order valence-electron chi connectivity index (χ4n) is 3.07. The zero-order valence-corrected chi connectivity index (χ0v) is 16.2. The molecule has 1 aromatic heterocycles. The van der Waals surface area contributed by atoms with Crippen LogP contribution >= 0.6 is 23.1 Å². The number of anilines is 1. The van der Waals surface area contributed by atoms with Crippen LogP contribution in [0.4, 0.5) is 5.69 Å². The Morgan fingerprint density at radius 2 is 2.08 bits per heavy atom. The van der Waals surface area contributed by atoms with Crippen LogP contribution in [0.15, 0.2) is 51.7 Å². The second kappa shape index (κ2) is 9.27. The number of nitrogens with zero attached hydrogens (tertiary/aromatic N) is 1. The van der Waals surface area contributed by atoms with E-state index in [0.717, 1.165) is 24.5 Å². The highest BCUT2D eigenvalue weighted by molar-refractivity contribution is 7.98. The molecule has 25 heavy (non-hydrogen) atoms. The molecule has 4 nitrogen and oxygen atoms in total. The van der Waals surface area contributed by atoms with Crippen molar-refractivity contribution in [3.05, 3.63) is 46.7 Å². The SMILES string of the molecule is CSc1ccccc1NC(=NCc1cccs1)N[C@H]1CCCC[C@@H]1N. The summed E-state index contributed by atoms with van der Waals surface area (Å²) in [7, 11) is 0. The topological polar surface area (TPSA) is 62.4 Å². The van der Waals surface area contributed by atoms with Crippen molar-refractivity contribution in [1.29, 1.82) is 0 Å². The molecule has 2 aromatic rings. The number of aliphatic imine (C=N–C) groups is 1. The largest absolute Gasteiger partial charge is 0.352 e. The maximum Gasteiger partial charge on any atom is 0.196 e. The number of guanidine groups is 1. The first-order valence-corrected chi connectivity index (χ1v) is 10.9. The Kier molecular flexibility index (Phi) is 6.78. The first kappa shape index (κ1) is 18.3. The predicted molar refractivity (Wildman–Crippen MR) is 111 cm³/mol. The molecule has 0 saturated heterocycles. The number of rotatable bonds is 5. The first-order chi connectivity index (χ1) is 12.3. The second-order valence-corrected chi connectivity index (χ2v) is 8.15. The Labute approximate surface area is 158 Å². The molecule has 2 atom stereocenters. The minimum Gasteiger partial charge on any atom is -0.352 e. The minimum atomic E-state index is 0.193. The average Bonchev–Trinajstić information content (AvgIpc) is 3.15. The van der Waals surface area contributed by atoms with Crippen molar-refractivity contribution in [1.82, 2.24) is 5.32 Å². The number of thioether (sulfide) groups is 1. The molecule has 4 N–H and O–H groups in total. The van der Waals surface area contributed by atoms with Gasteiger partial charge in [-0.05, 0) is 42.7 Å². The number of benzene rings is 1. The van der Waals surface area contributed by atoms with E-state index in [4.69, 9.17) is 10.7 Å². The summed E-state index contributed by atoms with van der Waals surface area (Å²) in [6.45, 7) is 0.677. The Hall–Kier alpha value is -1.50. The van der Waals surface area contributed by atoms with E-state index in [1.54, 1.807) is 23.1 Å². The zero-order chi connectivity index (χ0) is 17.5. The van der Waals surface area contributed by atoms with E-state index in [2.05, 4.69) is 52.6 Å². The third kappa shape index (κ3) is 5.23. The molecule has 1 heterocycles. The molecular weight excluding hydrogens is 348 g/mol. The lowest BCUT2D eigenvalue weighted by atomic mass is 9.91. The fourth-order valence-corrected chi connectivity index (χ4v) is 4.25. The number of hydrogen-bond acceptors (Lipinski definition) is 4. The summed E-state index contributed by atoms with van der Waals surface area (Å²) in [5, 5.41) is 9.16. The second-order valence-electron chi connectivity index (χ2n) is 6.27. The van der Waals surface area contributed by atoms with Crippen LogP contribution in [0, 0.1) is 0 Å². The van der Waals surface area contributed by atoms with Gasteiger partial charge in [0.1, 0.15) is 0 Å². The lowest BCUT2D eigenvalue weighted by Crippen LogP contribution is -2.51. The highest BCUT2D eigenvalue weighted by Gasteiger charge is 2.22. The molecule has 0 radical (unpaired) electrons. The summed E-state index contributed by atoms with van der Waals surface area (Å²) in [5.41, 5.74) is 7.40. The van der Waals surface area contributed by atoms with Crippen molar-refractivity contribution in [2.45, 2.75) is 49.2 Å². The third-order valence-corrected chi connectivity index (χ3v) is 6.13. The summed E-state index contributed by atoms with van der Waals surface area (Å²) in [5.74, 6) is 0.817. The van der Waals surface area contributed by atoms with E-state index < -0.39 is 0 Å². The lowest BCUT2D eigenvalue weighted by molar-refractivity contribution is 0.360. The number of thiophene rings is 1. The minimum absolute atomic E-state index is 0.193. The molecule has 6 heteroatoms. The molecule has 1 aromatic carbocycles. The molecule has 0 bridgehead atoms. The highest BCUT2D eigenvalue weighted by atomic mass is 32.2. The molecule has 1 fully saturated rings. The molecule has 1 aliphatic carbocycles. The fraction of sp³-hybridized carbons (Fsp3) is 0.421. The summed E-state index contributed by atoms with van der Waals surface area (Å²) >= 11 is 3.47. The Balaban J connectivity index is 1.76. The molecule has 0 spiro atoms. The van der Waals surface area contributed by atoms with Crippen LogP contribution in [-0.4, -0.2) is 24.3 Å². The Bertz CT molecular complexity index is 684. The van der Waals surface area contributed by atoms with Crippen molar-refractivity contribution in [2.75, 3.05) is 11.6 Å². The van der Waals surface area contributed by atoms with Crippen molar-refractivity contribution < 1.29 is 0 Å². The van der Waals surface area contributed by atoms with Crippen molar-refractivity contribution in [3.8, 4) is 0 Å². The van der Waals surface area contributed by atoms with Crippen LogP contribution in [0.3, 0.4) is 0 Å². The summed E-state index contributed by atoms with van der Waals surface area (Å²) in [6, 6.07) is 13.0. The van der Waals surface area contributed by atoms with E-state index in [-0.39, 0.29) is 12.1 Å². The number of hydrogen-bond donors (Lipinski definition) is 3. The van der Waals surface area contributed by atoms with Gasteiger partial charge in [0.25, 0.3) is 0 Å². The maximum absolute atomic E-state index is 6.32. The Morgan fingerprint density at radius 1 is 1.24 bits per heavy atom. The number of nitrogens with two attached hydrogens (primary N) is 1. The van der Waals surface area contributed by atoms with Crippen LogP contribution in [0.2, 0.25) is 0 Å². The summed E-state index contributed by atoms with van der Waals surface area (Å²) < 4.78 is 0. The Morgan fingerprint density at radius 3 is 2.84 bits per heavy atom. The van der Waals surface area contributed by atoms with Gasteiger partial charge in [-0.3, -0.25) is 0 Å².